The van der Waals surface area contributed by atoms with E-state index < -0.39 is 10.8 Å². The SMILES string of the molecule is N#C/C(=C\c1cc([N+](=O)[O-])ccc1OCC(=O)Nc1nccs1)c1nc(-c2ccccc2)cs1. The van der Waals surface area contributed by atoms with Crippen molar-refractivity contribution in [3.05, 3.63) is 86.2 Å². The molecule has 0 saturated carbocycles. The molecule has 1 amide bonds. The maximum atomic E-state index is 12.2. The topological polar surface area (TPSA) is 131 Å². The Labute approximate surface area is 201 Å². The standard InChI is InChI=1S/C23H15N5O4S2/c24-12-17(22-26-19(14-34-22)15-4-2-1-3-5-15)10-16-11-18(28(30)31)6-7-20(16)32-13-21(29)27-23-25-8-9-33-23/h1-11,14H,13H2,(H,25,27,29)/b17-10+. The van der Waals surface area contributed by atoms with Gasteiger partial charge in [-0.3, -0.25) is 20.2 Å². The predicted octanol–water partition coefficient (Wildman–Crippen LogP) is 5.26. The smallest absolute Gasteiger partial charge is 0.270 e. The highest BCUT2D eigenvalue weighted by atomic mass is 32.1. The number of aromatic nitrogens is 2. The van der Waals surface area contributed by atoms with Crippen LogP contribution in [0.4, 0.5) is 10.8 Å². The van der Waals surface area contributed by atoms with Crippen LogP contribution in [0.25, 0.3) is 22.9 Å². The first-order valence-corrected chi connectivity index (χ1v) is 11.5. The van der Waals surface area contributed by atoms with Crippen LogP contribution in [0, 0.1) is 21.4 Å². The zero-order valence-electron chi connectivity index (χ0n) is 17.4. The number of thiazole rings is 2. The minimum atomic E-state index is -0.542. The van der Waals surface area contributed by atoms with E-state index in [4.69, 9.17) is 4.74 Å². The molecule has 0 fully saturated rings. The van der Waals surface area contributed by atoms with E-state index in [1.165, 1.54) is 46.9 Å². The summed E-state index contributed by atoms with van der Waals surface area (Å²) in [7, 11) is 0. The summed E-state index contributed by atoms with van der Waals surface area (Å²) in [6, 6.07) is 15.6. The maximum absolute atomic E-state index is 12.2. The number of nitro benzene ring substituents is 1. The van der Waals surface area contributed by atoms with Crippen LogP contribution in [0.2, 0.25) is 0 Å². The molecule has 0 aliphatic rings. The fourth-order valence-corrected chi connectivity index (χ4v) is 4.25. The second kappa shape index (κ2) is 10.5. The number of hydrogen-bond donors (Lipinski definition) is 1. The Morgan fingerprint density at radius 3 is 2.76 bits per heavy atom. The van der Waals surface area contributed by atoms with Crippen LogP contribution in [-0.2, 0) is 4.79 Å². The van der Waals surface area contributed by atoms with Gasteiger partial charge in [-0.1, -0.05) is 30.3 Å². The number of hydrogen-bond acceptors (Lipinski definition) is 9. The van der Waals surface area contributed by atoms with Gasteiger partial charge in [0.25, 0.3) is 11.6 Å². The summed E-state index contributed by atoms with van der Waals surface area (Å²) >= 11 is 2.55. The molecule has 168 valence electrons. The molecule has 2 aromatic heterocycles. The average Bonchev–Trinajstić information content (AvgIpc) is 3.54. The number of ether oxygens (including phenoxy) is 1. The largest absolute Gasteiger partial charge is 0.483 e. The predicted molar refractivity (Wildman–Crippen MR) is 130 cm³/mol. The lowest BCUT2D eigenvalue weighted by molar-refractivity contribution is -0.384. The van der Waals surface area contributed by atoms with Crippen molar-refractivity contribution in [2.45, 2.75) is 0 Å². The molecule has 0 spiro atoms. The fourth-order valence-electron chi connectivity index (χ4n) is 2.91. The fraction of sp³-hybridized carbons (Fsp3) is 0.0435. The van der Waals surface area contributed by atoms with Crippen molar-refractivity contribution in [1.82, 2.24) is 9.97 Å². The minimum Gasteiger partial charge on any atom is -0.483 e. The second-order valence-corrected chi connectivity index (χ2v) is 8.48. The number of nitrogens with one attached hydrogen (secondary N) is 1. The summed E-state index contributed by atoms with van der Waals surface area (Å²) < 4.78 is 5.61. The summed E-state index contributed by atoms with van der Waals surface area (Å²) in [5.41, 5.74) is 1.95. The molecule has 0 aliphatic carbocycles. The molecule has 1 N–H and O–H groups in total. The molecule has 2 aromatic carbocycles. The van der Waals surface area contributed by atoms with E-state index in [1.54, 1.807) is 11.6 Å². The van der Waals surface area contributed by atoms with E-state index in [0.29, 0.717) is 10.1 Å². The number of anilines is 1. The first-order valence-electron chi connectivity index (χ1n) is 9.77. The van der Waals surface area contributed by atoms with Crippen molar-refractivity contribution in [3.8, 4) is 23.1 Å². The summed E-state index contributed by atoms with van der Waals surface area (Å²) in [6.45, 7) is -0.338. The summed E-state index contributed by atoms with van der Waals surface area (Å²) in [6.07, 6.45) is 3.03. The van der Waals surface area contributed by atoms with Crippen molar-refractivity contribution in [2.24, 2.45) is 0 Å². The van der Waals surface area contributed by atoms with E-state index in [0.717, 1.165) is 11.3 Å². The lowest BCUT2D eigenvalue weighted by atomic mass is 10.1. The molecule has 4 rings (SSSR count). The van der Waals surface area contributed by atoms with Crippen molar-refractivity contribution in [3.63, 3.8) is 0 Å². The zero-order valence-corrected chi connectivity index (χ0v) is 19.0. The van der Waals surface area contributed by atoms with Gasteiger partial charge in [0.1, 0.15) is 16.8 Å². The number of rotatable bonds is 8. The van der Waals surface area contributed by atoms with Gasteiger partial charge in [0, 0.05) is 40.2 Å². The van der Waals surface area contributed by atoms with Gasteiger partial charge in [0.15, 0.2) is 11.7 Å². The molecule has 0 atom stereocenters. The van der Waals surface area contributed by atoms with Gasteiger partial charge in [-0.2, -0.15) is 5.26 Å². The van der Waals surface area contributed by atoms with Gasteiger partial charge in [-0.25, -0.2) is 9.97 Å². The Kier molecular flexibility index (Phi) is 7.02. The molecule has 0 radical (unpaired) electrons. The van der Waals surface area contributed by atoms with Crippen LogP contribution in [0.3, 0.4) is 0 Å². The Balaban J connectivity index is 1.61. The first-order chi connectivity index (χ1) is 16.5. The van der Waals surface area contributed by atoms with Crippen molar-refractivity contribution in [1.29, 1.82) is 5.26 Å². The number of non-ortho nitro benzene ring substituents is 1. The quantitative estimate of drug-likeness (QED) is 0.203. The van der Waals surface area contributed by atoms with Crippen molar-refractivity contribution in [2.75, 3.05) is 11.9 Å². The van der Waals surface area contributed by atoms with Gasteiger partial charge in [0.2, 0.25) is 0 Å². The Bertz CT molecular complexity index is 1390. The van der Waals surface area contributed by atoms with Crippen LogP contribution in [0.15, 0.2) is 65.5 Å². The van der Waals surface area contributed by atoms with Crippen LogP contribution < -0.4 is 10.1 Å². The van der Waals surface area contributed by atoms with Gasteiger partial charge < -0.3 is 4.74 Å². The molecule has 34 heavy (non-hydrogen) atoms. The average molecular weight is 490 g/mol. The number of carbonyl (C=O) groups is 1. The minimum absolute atomic E-state index is 0.174. The molecular formula is C23H15N5O4S2. The third-order valence-corrected chi connectivity index (χ3v) is 6.03. The molecule has 11 heteroatoms. The van der Waals surface area contributed by atoms with E-state index >= 15 is 0 Å². The van der Waals surface area contributed by atoms with Gasteiger partial charge >= 0.3 is 0 Å². The Morgan fingerprint density at radius 1 is 1.24 bits per heavy atom. The van der Waals surface area contributed by atoms with E-state index in [-0.39, 0.29) is 29.2 Å². The van der Waals surface area contributed by atoms with Gasteiger partial charge in [-0.15, -0.1) is 22.7 Å². The van der Waals surface area contributed by atoms with Crippen LogP contribution in [0.5, 0.6) is 5.75 Å². The Morgan fingerprint density at radius 2 is 2.06 bits per heavy atom. The number of carbonyl (C=O) groups excluding carboxylic acids is 1. The van der Waals surface area contributed by atoms with Gasteiger partial charge in [-0.05, 0) is 12.1 Å². The highest BCUT2D eigenvalue weighted by Gasteiger charge is 2.15. The summed E-state index contributed by atoms with van der Waals surface area (Å²) in [5.74, 6) is -0.219. The summed E-state index contributed by atoms with van der Waals surface area (Å²) in [5, 5.41) is 28.1. The van der Waals surface area contributed by atoms with Crippen molar-refractivity contribution < 1.29 is 14.5 Å². The normalized spacial score (nSPS) is 11.0. The Hall–Kier alpha value is -4.40. The molecule has 4 aromatic rings. The molecule has 0 aliphatic heterocycles. The number of allylic oxidation sites excluding steroid dienone is 1. The number of nitrogens with zero attached hydrogens (tertiary/aromatic N) is 4. The highest BCUT2D eigenvalue weighted by molar-refractivity contribution is 7.13. The first kappa shape index (κ1) is 22.8. The number of benzene rings is 2. The molecule has 9 nitrogen and oxygen atoms in total. The maximum Gasteiger partial charge on any atom is 0.270 e. The monoisotopic (exact) mass is 489 g/mol. The molecular weight excluding hydrogens is 474 g/mol. The molecule has 0 unspecified atom stereocenters. The summed E-state index contributed by atoms with van der Waals surface area (Å²) in [4.78, 5) is 31.4. The second-order valence-electron chi connectivity index (χ2n) is 6.73. The van der Waals surface area contributed by atoms with Crippen LogP contribution in [0.1, 0.15) is 10.6 Å². The zero-order chi connectivity index (χ0) is 23.9. The number of nitro groups is 1. The number of amides is 1. The van der Waals surface area contributed by atoms with E-state index in [9.17, 15) is 20.2 Å². The van der Waals surface area contributed by atoms with Crippen LogP contribution in [-0.4, -0.2) is 27.4 Å². The van der Waals surface area contributed by atoms with Crippen LogP contribution >= 0.6 is 22.7 Å². The highest BCUT2D eigenvalue weighted by Crippen LogP contribution is 2.31. The third-order valence-electron chi connectivity index (χ3n) is 4.47. The van der Waals surface area contributed by atoms with E-state index in [1.807, 2.05) is 35.7 Å². The molecule has 0 saturated heterocycles. The lowest BCUT2D eigenvalue weighted by Gasteiger charge is -2.09. The third kappa shape index (κ3) is 5.50. The van der Waals surface area contributed by atoms with E-state index in [2.05, 4.69) is 21.4 Å². The number of nitriles is 1. The lowest BCUT2D eigenvalue weighted by Crippen LogP contribution is -2.20. The van der Waals surface area contributed by atoms with Gasteiger partial charge in [0.05, 0.1) is 16.2 Å². The molecule has 2 heterocycles. The van der Waals surface area contributed by atoms with Crippen molar-refractivity contribution >= 4 is 51.0 Å². The molecule has 0 bridgehead atoms.